The third-order valence-electron chi connectivity index (χ3n) is 0.655. The quantitative estimate of drug-likeness (QED) is 0.515. The lowest BCUT2D eigenvalue weighted by atomic mass is 10.4. The summed E-state index contributed by atoms with van der Waals surface area (Å²) >= 11 is 1.77. The molecule has 0 heterocycles. The van der Waals surface area contributed by atoms with E-state index >= 15 is 0 Å². The summed E-state index contributed by atoms with van der Waals surface area (Å²) in [6.45, 7) is 0. The lowest BCUT2D eigenvalue weighted by Crippen LogP contribution is -2.30. The van der Waals surface area contributed by atoms with Crippen LogP contribution in [-0.4, -0.2) is 18.2 Å². The SMILES string of the molecule is CSCCC(N)N. The Hall–Kier alpha value is 0.270. The fraction of sp³-hybridized carbons (Fsp3) is 1.00. The van der Waals surface area contributed by atoms with E-state index in [2.05, 4.69) is 0 Å². The van der Waals surface area contributed by atoms with E-state index in [1.54, 1.807) is 11.8 Å². The number of rotatable bonds is 3. The minimum atomic E-state index is -0.118. The van der Waals surface area contributed by atoms with Crippen molar-refractivity contribution in [1.82, 2.24) is 0 Å². The van der Waals surface area contributed by atoms with Crippen molar-refractivity contribution in [3.05, 3.63) is 0 Å². The normalized spacial score (nSPS) is 10.3. The monoisotopic (exact) mass is 120 g/mol. The van der Waals surface area contributed by atoms with E-state index < -0.39 is 0 Å². The van der Waals surface area contributed by atoms with Crippen LogP contribution in [0.15, 0.2) is 0 Å². The maximum absolute atomic E-state index is 5.24. The van der Waals surface area contributed by atoms with E-state index in [4.69, 9.17) is 11.5 Å². The Kier molecular flexibility index (Phi) is 4.60. The number of hydrogen-bond acceptors (Lipinski definition) is 3. The molecule has 0 bridgehead atoms. The van der Waals surface area contributed by atoms with E-state index in [0.29, 0.717) is 0 Å². The molecule has 7 heavy (non-hydrogen) atoms. The second-order valence-electron chi connectivity index (χ2n) is 1.45. The highest BCUT2D eigenvalue weighted by molar-refractivity contribution is 7.98. The van der Waals surface area contributed by atoms with Gasteiger partial charge in [-0.05, 0) is 18.4 Å². The molecule has 0 amide bonds. The smallest absolute Gasteiger partial charge is 0.0528 e. The first-order valence-electron chi connectivity index (χ1n) is 2.27. The summed E-state index contributed by atoms with van der Waals surface area (Å²) in [5.41, 5.74) is 10.5. The van der Waals surface area contributed by atoms with Gasteiger partial charge in [0.25, 0.3) is 0 Å². The van der Waals surface area contributed by atoms with Crippen LogP contribution in [0.5, 0.6) is 0 Å². The number of thioether (sulfide) groups is 1. The predicted octanol–water partition coefficient (Wildman–Crippen LogP) is -0.0170. The highest BCUT2D eigenvalue weighted by Crippen LogP contribution is 1.93. The molecule has 0 radical (unpaired) electrons. The molecule has 3 heteroatoms. The van der Waals surface area contributed by atoms with Gasteiger partial charge in [-0.25, -0.2) is 0 Å². The molecule has 0 aliphatic rings. The van der Waals surface area contributed by atoms with Gasteiger partial charge in [-0.15, -0.1) is 0 Å². The van der Waals surface area contributed by atoms with Gasteiger partial charge < -0.3 is 11.5 Å². The molecule has 0 aromatic carbocycles. The first-order chi connectivity index (χ1) is 3.27. The molecule has 0 unspecified atom stereocenters. The molecule has 0 aliphatic heterocycles. The van der Waals surface area contributed by atoms with Crippen LogP contribution < -0.4 is 11.5 Å². The summed E-state index contributed by atoms with van der Waals surface area (Å²) in [6, 6.07) is 0. The van der Waals surface area contributed by atoms with E-state index in [1.165, 1.54) is 0 Å². The maximum Gasteiger partial charge on any atom is 0.0528 e. The summed E-state index contributed by atoms with van der Waals surface area (Å²) in [7, 11) is 0. The first kappa shape index (κ1) is 7.27. The van der Waals surface area contributed by atoms with Gasteiger partial charge in [0.2, 0.25) is 0 Å². The van der Waals surface area contributed by atoms with Crippen molar-refractivity contribution in [3.8, 4) is 0 Å². The summed E-state index contributed by atoms with van der Waals surface area (Å²) in [4.78, 5) is 0. The van der Waals surface area contributed by atoms with Crippen LogP contribution >= 0.6 is 11.8 Å². The Morgan fingerprint density at radius 2 is 2.14 bits per heavy atom. The fourth-order valence-electron chi connectivity index (χ4n) is 0.254. The highest BCUT2D eigenvalue weighted by Gasteiger charge is 1.89. The van der Waals surface area contributed by atoms with Gasteiger partial charge >= 0.3 is 0 Å². The second kappa shape index (κ2) is 4.43. The summed E-state index contributed by atoms with van der Waals surface area (Å²) in [5.74, 6) is 1.07. The van der Waals surface area contributed by atoms with Crippen LogP contribution in [0.25, 0.3) is 0 Å². The Labute approximate surface area is 48.6 Å². The highest BCUT2D eigenvalue weighted by atomic mass is 32.2. The second-order valence-corrected chi connectivity index (χ2v) is 2.43. The molecule has 44 valence electrons. The van der Waals surface area contributed by atoms with Crippen LogP contribution in [0.1, 0.15) is 6.42 Å². The Balaban J connectivity index is 2.68. The molecule has 0 atom stereocenters. The van der Waals surface area contributed by atoms with Gasteiger partial charge in [-0.3, -0.25) is 0 Å². The molecular weight excluding hydrogens is 108 g/mol. The van der Waals surface area contributed by atoms with Gasteiger partial charge in [0, 0.05) is 0 Å². The molecular formula is C4H12N2S. The van der Waals surface area contributed by atoms with Gasteiger partial charge in [0.1, 0.15) is 0 Å². The van der Waals surface area contributed by atoms with Crippen molar-refractivity contribution in [1.29, 1.82) is 0 Å². The average Bonchev–Trinajstić information content (AvgIpc) is 1.61. The minimum Gasteiger partial charge on any atom is -0.316 e. The predicted molar refractivity (Wildman–Crippen MR) is 35.2 cm³/mol. The molecule has 0 spiro atoms. The first-order valence-corrected chi connectivity index (χ1v) is 3.67. The van der Waals surface area contributed by atoms with Crippen LogP contribution in [-0.2, 0) is 0 Å². The summed E-state index contributed by atoms with van der Waals surface area (Å²) < 4.78 is 0. The van der Waals surface area contributed by atoms with E-state index in [9.17, 15) is 0 Å². The molecule has 0 fully saturated rings. The topological polar surface area (TPSA) is 52.0 Å². The van der Waals surface area contributed by atoms with Crippen molar-refractivity contribution < 1.29 is 0 Å². The Morgan fingerprint density at radius 1 is 1.57 bits per heavy atom. The third-order valence-corrected chi connectivity index (χ3v) is 1.30. The Bertz CT molecular complexity index is 38.7. The molecule has 0 saturated heterocycles. The molecule has 0 saturated carbocycles. The maximum atomic E-state index is 5.24. The van der Waals surface area contributed by atoms with E-state index in [-0.39, 0.29) is 6.17 Å². The standard InChI is InChI=1S/C4H12N2S/c1-7-3-2-4(5)6/h4H,2-3,5-6H2,1H3. The number of hydrogen-bond donors (Lipinski definition) is 2. The zero-order chi connectivity index (χ0) is 5.70. The zero-order valence-corrected chi connectivity index (χ0v) is 5.37. The van der Waals surface area contributed by atoms with E-state index in [0.717, 1.165) is 12.2 Å². The van der Waals surface area contributed by atoms with Gasteiger partial charge in [-0.2, -0.15) is 11.8 Å². The molecule has 2 nitrogen and oxygen atoms in total. The van der Waals surface area contributed by atoms with Crippen molar-refractivity contribution in [2.75, 3.05) is 12.0 Å². The number of nitrogens with two attached hydrogens (primary N) is 2. The van der Waals surface area contributed by atoms with Crippen molar-refractivity contribution in [2.24, 2.45) is 11.5 Å². The fourth-order valence-corrected chi connectivity index (χ4v) is 0.762. The summed E-state index contributed by atoms with van der Waals surface area (Å²) in [6.07, 6.45) is 2.84. The lowest BCUT2D eigenvalue weighted by Gasteiger charge is -1.99. The molecule has 0 rings (SSSR count). The zero-order valence-electron chi connectivity index (χ0n) is 4.55. The van der Waals surface area contributed by atoms with Crippen molar-refractivity contribution >= 4 is 11.8 Å². The van der Waals surface area contributed by atoms with Crippen molar-refractivity contribution in [2.45, 2.75) is 12.6 Å². The van der Waals surface area contributed by atoms with Crippen LogP contribution in [0.3, 0.4) is 0 Å². The Morgan fingerprint density at radius 3 is 2.29 bits per heavy atom. The molecule has 0 aliphatic carbocycles. The largest absolute Gasteiger partial charge is 0.316 e. The summed E-state index contributed by atoms with van der Waals surface area (Å²) in [5, 5.41) is 0. The third kappa shape index (κ3) is 6.27. The molecule has 4 N–H and O–H groups in total. The van der Waals surface area contributed by atoms with Gasteiger partial charge in [-0.1, -0.05) is 0 Å². The molecule has 0 aromatic heterocycles. The van der Waals surface area contributed by atoms with Crippen LogP contribution in [0.4, 0.5) is 0 Å². The van der Waals surface area contributed by atoms with Crippen molar-refractivity contribution in [3.63, 3.8) is 0 Å². The van der Waals surface area contributed by atoms with Crippen LogP contribution in [0, 0.1) is 0 Å². The van der Waals surface area contributed by atoms with E-state index in [1.807, 2.05) is 6.26 Å². The minimum absolute atomic E-state index is 0.118. The van der Waals surface area contributed by atoms with Gasteiger partial charge in [0.05, 0.1) is 6.17 Å². The lowest BCUT2D eigenvalue weighted by molar-refractivity contribution is 0.688. The van der Waals surface area contributed by atoms with Gasteiger partial charge in [0.15, 0.2) is 0 Å². The van der Waals surface area contributed by atoms with Crippen LogP contribution in [0.2, 0.25) is 0 Å². The molecule has 0 aromatic rings. The average molecular weight is 120 g/mol.